The molecule has 0 bridgehead atoms. The monoisotopic (exact) mass is 304 g/mol. The lowest BCUT2D eigenvalue weighted by Gasteiger charge is -2.23. The lowest BCUT2D eigenvalue weighted by molar-refractivity contribution is -0.125. The van der Waals surface area contributed by atoms with Gasteiger partial charge in [0.1, 0.15) is 5.75 Å². The molecule has 4 heteroatoms. The quantitative estimate of drug-likeness (QED) is 0.849. The third-order valence-corrected chi connectivity index (χ3v) is 4.45. The van der Waals surface area contributed by atoms with E-state index >= 15 is 0 Å². The number of benzene rings is 1. The van der Waals surface area contributed by atoms with E-state index < -0.39 is 0 Å². The van der Waals surface area contributed by atoms with Crippen molar-refractivity contribution in [3.05, 3.63) is 29.8 Å². The molecule has 1 aliphatic carbocycles. The van der Waals surface area contributed by atoms with Crippen molar-refractivity contribution >= 4 is 5.91 Å². The second kappa shape index (κ2) is 8.18. The minimum absolute atomic E-state index is 0.00229. The van der Waals surface area contributed by atoms with Crippen molar-refractivity contribution in [1.29, 1.82) is 0 Å². The topological polar surface area (TPSA) is 64.4 Å². The number of ether oxygens (including phenoxy) is 1. The second-order valence-corrected chi connectivity index (χ2v) is 6.39. The summed E-state index contributed by atoms with van der Waals surface area (Å²) in [6, 6.07) is 7.87. The fraction of sp³-hybridized carbons (Fsp3) is 0.611. The first kappa shape index (κ1) is 16.8. The summed E-state index contributed by atoms with van der Waals surface area (Å²) in [7, 11) is 0. The molecular formula is C18H28N2O2. The summed E-state index contributed by atoms with van der Waals surface area (Å²) in [5.74, 6) is 0.748. The van der Waals surface area contributed by atoms with E-state index in [2.05, 4.69) is 5.32 Å². The van der Waals surface area contributed by atoms with Crippen molar-refractivity contribution in [2.45, 2.75) is 64.6 Å². The first-order valence-corrected chi connectivity index (χ1v) is 8.35. The third-order valence-electron chi connectivity index (χ3n) is 4.45. The highest BCUT2D eigenvalue weighted by molar-refractivity contribution is 5.78. The number of nitrogens with one attached hydrogen (secondary N) is 1. The van der Waals surface area contributed by atoms with Crippen LogP contribution in [0, 0.1) is 5.92 Å². The van der Waals surface area contributed by atoms with Gasteiger partial charge in [0.2, 0.25) is 5.91 Å². The molecule has 0 spiro atoms. The van der Waals surface area contributed by atoms with Crippen molar-refractivity contribution in [2.24, 2.45) is 11.7 Å². The molecule has 4 nitrogen and oxygen atoms in total. The molecule has 22 heavy (non-hydrogen) atoms. The molecule has 0 radical (unpaired) electrons. The van der Waals surface area contributed by atoms with E-state index in [1.54, 1.807) is 0 Å². The molecule has 1 saturated carbocycles. The number of nitrogens with two attached hydrogens (primary N) is 1. The molecule has 3 N–H and O–H groups in total. The summed E-state index contributed by atoms with van der Waals surface area (Å²) in [6.07, 6.45) is 6.56. The molecular weight excluding hydrogens is 276 g/mol. The third kappa shape index (κ3) is 5.02. The smallest absolute Gasteiger partial charge is 0.224 e. The van der Waals surface area contributed by atoms with Gasteiger partial charge in [0, 0.05) is 18.5 Å². The fourth-order valence-corrected chi connectivity index (χ4v) is 2.65. The normalized spacial score (nSPS) is 18.5. The molecule has 0 aliphatic heterocycles. The lowest BCUT2D eigenvalue weighted by Crippen LogP contribution is -2.38. The second-order valence-electron chi connectivity index (χ2n) is 6.39. The van der Waals surface area contributed by atoms with E-state index in [4.69, 9.17) is 10.5 Å². The van der Waals surface area contributed by atoms with Crippen LogP contribution in [0.5, 0.6) is 5.75 Å². The van der Waals surface area contributed by atoms with Crippen LogP contribution in [-0.2, 0) is 11.3 Å². The van der Waals surface area contributed by atoms with Crippen LogP contribution in [0.3, 0.4) is 0 Å². The van der Waals surface area contributed by atoms with Crippen molar-refractivity contribution in [3.63, 3.8) is 0 Å². The summed E-state index contributed by atoms with van der Waals surface area (Å²) in [5.41, 5.74) is 6.81. The minimum atomic E-state index is -0.172. The minimum Gasteiger partial charge on any atom is -0.490 e. The Labute approximate surface area is 133 Å². The van der Waals surface area contributed by atoms with Gasteiger partial charge in [-0.25, -0.2) is 0 Å². The van der Waals surface area contributed by atoms with Crippen LogP contribution in [-0.4, -0.2) is 18.1 Å². The van der Waals surface area contributed by atoms with E-state index in [0.717, 1.165) is 24.2 Å². The van der Waals surface area contributed by atoms with Crippen LogP contribution in [0.1, 0.15) is 51.5 Å². The zero-order valence-electron chi connectivity index (χ0n) is 13.7. The van der Waals surface area contributed by atoms with E-state index in [9.17, 15) is 4.79 Å². The van der Waals surface area contributed by atoms with Gasteiger partial charge in [0.15, 0.2) is 0 Å². The van der Waals surface area contributed by atoms with Crippen LogP contribution < -0.4 is 15.8 Å². The molecule has 0 heterocycles. The molecule has 122 valence electrons. The molecule has 0 saturated heterocycles. The van der Waals surface area contributed by atoms with Gasteiger partial charge in [-0.05, 0) is 50.3 Å². The summed E-state index contributed by atoms with van der Waals surface area (Å²) in [4.78, 5) is 11.9. The highest BCUT2D eigenvalue weighted by Crippen LogP contribution is 2.23. The van der Waals surface area contributed by atoms with Crippen molar-refractivity contribution in [2.75, 3.05) is 0 Å². The Hall–Kier alpha value is -1.55. The summed E-state index contributed by atoms with van der Waals surface area (Å²) in [5, 5.41) is 2.92. The summed E-state index contributed by atoms with van der Waals surface area (Å²) < 4.78 is 6.00. The Morgan fingerprint density at radius 2 is 1.86 bits per heavy atom. The fourth-order valence-electron chi connectivity index (χ4n) is 2.65. The van der Waals surface area contributed by atoms with E-state index in [1.807, 2.05) is 38.1 Å². The predicted octanol–water partition coefficient (Wildman–Crippen LogP) is 3.00. The van der Waals surface area contributed by atoms with Gasteiger partial charge in [0.05, 0.1) is 6.10 Å². The molecule has 2 rings (SSSR count). The zero-order valence-corrected chi connectivity index (χ0v) is 13.7. The highest BCUT2D eigenvalue weighted by atomic mass is 16.5. The van der Waals surface area contributed by atoms with Gasteiger partial charge < -0.3 is 15.8 Å². The molecule has 1 aromatic carbocycles. The molecule has 2 atom stereocenters. The number of rotatable bonds is 6. The maximum absolute atomic E-state index is 11.9. The standard InChI is InChI=1S/C18H28N2O2/c1-13(14(2)19)18(21)20-12-15-8-10-17(11-9-15)22-16-6-4-3-5-7-16/h8-11,13-14,16H,3-7,12,19H2,1-2H3,(H,20,21). The number of carbonyl (C=O) groups excluding carboxylic acids is 1. The van der Waals surface area contributed by atoms with Gasteiger partial charge in [-0.3, -0.25) is 4.79 Å². The Kier molecular flexibility index (Phi) is 6.25. The average Bonchev–Trinajstić information content (AvgIpc) is 2.54. The largest absolute Gasteiger partial charge is 0.490 e. The van der Waals surface area contributed by atoms with Crippen molar-refractivity contribution in [1.82, 2.24) is 5.32 Å². The van der Waals surface area contributed by atoms with Gasteiger partial charge >= 0.3 is 0 Å². The molecule has 0 aromatic heterocycles. The predicted molar refractivity (Wildman–Crippen MR) is 88.6 cm³/mol. The van der Waals surface area contributed by atoms with E-state index in [1.165, 1.54) is 19.3 Å². The zero-order chi connectivity index (χ0) is 15.9. The molecule has 1 aromatic rings. The lowest BCUT2D eigenvalue weighted by atomic mass is 9.98. The average molecular weight is 304 g/mol. The summed E-state index contributed by atoms with van der Waals surface area (Å²) in [6.45, 7) is 4.22. The number of amides is 1. The van der Waals surface area contributed by atoms with Crippen LogP contribution >= 0.6 is 0 Å². The number of carbonyl (C=O) groups is 1. The Morgan fingerprint density at radius 3 is 2.45 bits per heavy atom. The Morgan fingerprint density at radius 1 is 1.23 bits per heavy atom. The van der Waals surface area contributed by atoms with Gasteiger partial charge in [0.25, 0.3) is 0 Å². The molecule has 1 fully saturated rings. The summed E-state index contributed by atoms with van der Waals surface area (Å²) >= 11 is 0. The number of hydrogen-bond acceptors (Lipinski definition) is 3. The molecule has 1 amide bonds. The van der Waals surface area contributed by atoms with Gasteiger partial charge in [-0.2, -0.15) is 0 Å². The maximum Gasteiger partial charge on any atom is 0.224 e. The van der Waals surface area contributed by atoms with Crippen molar-refractivity contribution < 1.29 is 9.53 Å². The number of hydrogen-bond donors (Lipinski definition) is 2. The van der Waals surface area contributed by atoms with Gasteiger partial charge in [-0.1, -0.05) is 25.5 Å². The van der Waals surface area contributed by atoms with E-state index in [0.29, 0.717) is 12.6 Å². The first-order chi connectivity index (χ1) is 10.6. The van der Waals surface area contributed by atoms with Crippen LogP contribution in [0.15, 0.2) is 24.3 Å². The molecule has 2 unspecified atom stereocenters. The van der Waals surface area contributed by atoms with Crippen LogP contribution in [0.25, 0.3) is 0 Å². The maximum atomic E-state index is 11.9. The van der Waals surface area contributed by atoms with Crippen LogP contribution in [0.4, 0.5) is 0 Å². The highest BCUT2D eigenvalue weighted by Gasteiger charge is 2.17. The van der Waals surface area contributed by atoms with Crippen LogP contribution in [0.2, 0.25) is 0 Å². The van der Waals surface area contributed by atoms with Gasteiger partial charge in [-0.15, -0.1) is 0 Å². The Balaban J connectivity index is 1.80. The molecule has 1 aliphatic rings. The van der Waals surface area contributed by atoms with E-state index in [-0.39, 0.29) is 17.9 Å². The SMILES string of the molecule is CC(N)C(C)C(=O)NCc1ccc(OC2CCCCC2)cc1. The van der Waals surface area contributed by atoms with Crippen molar-refractivity contribution in [3.8, 4) is 5.75 Å². The first-order valence-electron chi connectivity index (χ1n) is 8.35. The Bertz CT molecular complexity index is 464.